The minimum Gasteiger partial charge on any atom is -0.481 e. The van der Waals surface area contributed by atoms with E-state index in [9.17, 15) is 4.79 Å². The molecular formula is C21H20N4O2. The first-order chi connectivity index (χ1) is 13.2. The van der Waals surface area contributed by atoms with Gasteiger partial charge in [-0.3, -0.25) is 9.89 Å². The molecule has 2 aliphatic rings. The molecule has 1 aromatic carbocycles. The Balaban J connectivity index is 1.67. The average Bonchev–Trinajstić information content (AvgIpc) is 3.41. The molecule has 5 rings (SSSR count). The number of benzene rings is 1. The summed E-state index contributed by atoms with van der Waals surface area (Å²) in [5.41, 5.74) is 4.65. The van der Waals surface area contributed by atoms with Gasteiger partial charge < -0.3 is 10.1 Å². The van der Waals surface area contributed by atoms with Crippen LogP contribution in [0.2, 0.25) is 0 Å². The highest BCUT2D eigenvalue weighted by Gasteiger charge is 2.54. The van der Waals surface area contributed by atoms with E-state index in [0.717, 1.165) is 29.7 Å². The van der Waals surface area contributed by atoms with Crippen LogP contribution in [0.25, 0.3) is 11.1 Å². The number of pyridine rings is 1. The van der Waals surface area contributed by atoms with Crippen molar-refractivity contribution in [3.05, 3.63) is 65.6 Å². The third kappa shape index (κ3) is 2.29. The molecule has 0 saturated carbocycles. The summed E-state index contributed by atoms with van der Waals surface area (Å²) in [4.78, 5) is 17.7. The van der Waals surface area contributed by atoms with Crippen molar-refractivity contribution in [1.29, 1.82) is 0 Å². The van der Waals surface area contributed by atoms with Gasteiger partial charge in [-0.15, -0.1) is 0 Å². The number of carbonyl (C=O) groups is 1. The van der Waals surface area contributed by atoms with Gasteiger partial charge in [-0.2, -0.15) is 5.10 Å². The number of hydrogen-bond donors (Lipinski definition) is 2. The zero-order chi connectivity index (χ0) is 18.4. The molecule has 6 heteroatoms. The van der Waals surface area contributed by atoms with Gasteiger partial charge in [0.15, 0.2) is 0 Å². The molecule has 1 spiro atoms. The maximum Gasteiger partial charge on any atom is 0.227 e. The van der Waals surface area contributed by atoms with Crippen molar-refractivity contribution in [2.75, 3.05) is 13.7 Å². The summed E-state index contributed by atoms with van der Waals surface area (Å²) in [5, 5.41) is 9.87. The quantitative estimate of drug-likeness (QED) is 0.753. The largest absolute Gasteiger partial charge is 0.481 e. The Morgan fingerprint density at radius 2 is 2.11 bits per heavy atom. The summed E-state index contributed by atoms with van der Waals surface area (Å²) in [5.74, 6) is 0.610. The molecular weight excluding hydrogens is 340 g/mol. The molecule has 1 saturated heterocycles. The number of hydrogen-bond acceptors (Lipinski definition) is 4. The van der Waals surface area contributed by atoms with Gasteiger partial charge in [-0.25, -0.2) is 4.98 Å². The SMILES string of the molecule is COc1nc(C2c3ccccc3CC23CCNC3=O)ccc1-c1cn[nH]c1. The zero-order valence-electron chi connectivity index (χ0n) is 15.0. The smallest absolute Gasteiger partial charge is 0.227 e. The maximum atomic E-state index is 12.9. The Morgan fingerprint density at radius 1 is 1.22 bits per heavy atom. The number of amides is 1. The van der Waals surface area contributed by atoms with E-state index in [1.54, 1.807) is 13.3 Å². The third-order valence-electron chi connectivity index (χ3n) is 5.91. The van der Waals surface area contributed by atoms with E-state index < -0.39 is 5.41 Å². The second kappa shape index (κ2) is 5.94. The van der Waals surface area contributed by atoms with Gasteiger partial charge in [-0.05, 0) is 36.1 Å². The summed E-state index contributed by atoms with van der Waals surface area (Å²) in [6, 6.07) is 12.4. The number of aromatic amines is 1. The van der Waals surface area contributed by atoms with Crippen LogP contribution in [0, 0.1) is 5.41 Å². The van der Waals surface area contributed by atoms with Crippen LogP contribution in [0.1, 0.15) is 29.2 Å². The zero-order valence-corrected chi connectivity index (χ0v) is 15.0. The number of nitrogens with one attached hydrogen (secondary N) is 2. The van der Waals surface area contributed by atoms with Gasteiger partial charge in [0.1, 0.15) is 0 Å². The van der Waals surface area contributed by atoms with Crippen molar-refractivity contribution >= 4 is 5.91 Å². The highest BCUT2D eigenvalue weighted by atomic mass is 16.5. The molecule has 136 valence electrons. The first-order valence-electron chi connectivity index (χ1n) is 9.13. The fraction of sp³-hybridized carbons (Fsp3) is 0.286. The predicted octanol–water partition coefficient (Wildman–Crippen LogP) is 2.67. The summed E-state index contributed by atoms with van der Waals surface area (Å²) < 4.78 is 5.58. The second-order valence-electron chi connectivity index (χ2n) is 7.25. The Bertz CT molecular complexity index is 1010. The Morgan fingerprint density at radius 3 is 2.85 bits per heavy atom. The number of carbonyl (C=O) groups excluding carboxylic acids is 1. The van der Waals surface area contributed by atoms with Gasteiger partial charge in [0.2, 0.25) is 11.8 Å². The average molecular weight is 360 g/mol. The van der Waals surface area contributed by atoms with E-state index in [1.165, 1.54) is 11.1 Å². The van der Waals surface area contributed by atoms with Crippen molar-refractivity contribution in [3.63, 3.8) is 0 Å². The van der Waals surface area contributed by atoms with Crippen LogP contribution in [0.3, 0.4) is 0 Å². The summed E-state index contributed by atoms with van der Waals surface area (Å²) in [6.07, 6.45) is 5.14. The molecule has 1 fully saturated rings. The number of nitrogens with zero attached hydrogens (tertiary/aromatic N) is 2. The molecule has 1 aliphatic heterocycles. The van der Waals surface area contributed by atoms with E-state index in [2.05, 4.69) is 27.6 Å². The molecule has 3 heterocycles. The minimum absolute atomic E-state index is 0.0662. The highest BCUT2D eigenvalue weighted by Crippen LogP contribution is 2.54. The Labute approximate surface area is 157 Å². The van der Waals surface area contributed by atoms with Gasteiger partial charge in [0.05, 0.1) is 24.4 Å². The maximum absolute atomic E-state index is 12.9. The van der Waals surface area contributed by atoms with Crippen molar-refractivity contribution in [3.8, 4) is 17.0 Å². The lowest BCUT2D eigenvalue weighted by Gasteiger charge is -2.28. The van der Waals surface area contributed by atoms with Crippen molar-refractivity contribution in [2.45, 2.75) is 18.8 Å². The molecule has 2 unspecified atom stereocenters. The normalized spacial score (nSPS) is 23.4. The van der Waals surface area contributed by atoms with Crippen molar-refractivity contribution in [2.24, 2.45) is 5.41 Å². The van der Waals surface area contributed by atoms with Gasteiger partial charge in [0, 0.05) is 29.8 Å². The van der Waals surface area contributed by atoms with E-state index in [4.69, 9.17) is 9.72 Å². The molecule has 27 heavy (non-hydrogen) atoms. The van der Waals surface area contributed by atoms with Gasteiger partial charge in [0.25, 0.3) is 0 Å². The lowest BCUT2D eigenvalue weighted by molar-refractivity contribution is -0.127. The molecule has 2 atom stereocenters. The standard InChI is InChI=1S/C21H20N4O2/c1-27-19-16(14-11-23-24-12-14)6-7-17(25-19)18-15-5-3-2-4-13(15)10-21(18)8-9-22-20(21)26/h2-7,11-12,18H,8-10H2,1H3,(H,22,26)(H,23,24). The molecule has 0 bridgehead atoms. The van der Waals surface area contributed by atoms with Crippen LogP contribution in [-0.4, -0.2) is 34.7 Å². The number of fused-ring (bicyclic) bond motifs is 1. The van der Waals surface area contributed by atoms with Crippen LogP contribution in [0.5, 0.6) is 5.88 Å². The van der Waals surface area contributed by atoms with Gasteiger partial charge in [-0.1, -0.05) is 24.3 Å². The van der Waals surface area contributed by atoms with Crippen molar-refractivity contribution < 1.29 is 9.53 Å². The predicted molar refractivity (Wildman–Crippen MR) is 100 cm³/mol. The van der Waals surface area contributed by atoms with Gasteiger partial charge >= 0.3 is 0 Å². The van der Waals surface area contributed by atoms with E-state index in [-0.39, 0.29) is 11.8 Å². The van der Waals surface area contributed by atoms with Crippen molar-refractivity contribution in [1.82, 2.24) is 20.5 Å². The molecule has 2 aromatic heterocycles. The Hall–Kier alpha value is -3.15. The molecule has 1 amide bonds. The van der Waals surface area contributed by atoms with Crippen LogP contribution in [-0.2, 0) is 11.2 Å². The fourth-order valence-electron chi connectivity index (χ4n) is 4.68. The second-order valence-corrected chi connectivity index (χ2v) is 7.25. The first-order valence-corrected chi connectivity index (χ1v) is 9.13. The van der Waals surface area contributed by atoms with Crippen LogP contribution < -0.4 is 10.1 Å². The summed E-state index contributed by atoms with van der Waals surface area (Å²) >= 11 is 0. The number of methoxy groups -OCH3 is 1. The minimum atomic E-state index is -0.459. The third-order valence-corrected chi connectivity index (χ3v) is 5.91. The fourth-order valence-corrected chi connectivity index (χ4v) is 4.68. The first kappa shape index (κ1) is 16.1. The number of rotatable bonds is 3. The van der Waals surface area contributed by atoms with E-state index in [1.807, 2.05) is 30.5 Å². The van der Waals surface area contributed by atoms with E-state index in [0.29, 0.717) is 12.4 Å². The number of ether oxygens (including phenoxy) is 1. The van der Waals surface area contributed by atoms with Crippen LogP contribution in [0.15, 0.2) is 48.8 Å². The number of aromatic nitrogens is 3. The molecule has 1 aliphatic carbocycles. The monoisotopic (exact) mass is 360 g/mol. The lowest BCUT2D eigenvalue weighted by atomic mass is 9.73. The molecule has 6 nitrogen and oxygen atoms in total. The molecule has 2 N–H and O–H groups in total. The van der Waals surface area contributed by atoms with E-state index >= 15 is 0 Å². The lowest BCUT2D eigenvalue weighted by Crippen LogP contribution is -2.36. The molecule has 0 radical (unpaired) electrons. The van der Waals surface area contributed by atoms with Crippen LogP contribution >= 0.6 is 0 Å². The molecule has 3 aromatic rings. The summed E-state index contributed by atoms with van der Waals surface area (Å²) in [7, 11) is 1.62. The topological polar surface area (TPSA) is 79.9 Å². The highest BCUT2D eigenvalue weighted by molar-refractivity contribution is 5.88. The summed E-state index contributed by atoms with van der Waals surface area (Å²) in [6.45, 7) is 0.716. The van der Waals surface area contributed by atoms with Crippen LogP contribution in [0.4, 0.5) is 0 Å². The Kier molecular flexibility index (Phi) is 3.53. The number of H-pyrrole nitrogens is 1.